The van der Waals surface area contributed by atoms with Gasteiger partial charge in [0.2, 0.25) is 7.38 Å². The standard InChI is InChI=1S/C20H17ClSi/c21-22(19-12-6-2-7-13-19,20-14-8-3-9-15-20)17-16-18-10-4-1-5-11-18/h1-17H. The fourth-order valence-electron chi connectivity index (χ4n) is 2.50. The van der Waals surface area contributed by atoms with Crippen molar-refractivity contribution in [1.29, 1.82) is 0 Å². The van der Waals surface area contributed by atoms with E-state index in [4.69, 9.17) is 11.1 Å². The van der Waals surface area contributed by atoms with Gasteiger partial charge in [-0.3, -0.25) is 0 Å². The highest BCUT2D eigenvalue weighted by atomic mass is 35.6. The van der Waals surface area contributed by atoms with Crippen molar-refractivity contribution >= 4 is 34.9 Å². The second kappa shape index (κ2) is 6.78. The summed E-state index contributed by atoms with van der Waals surface area (Å²) in [6.45, 7) is 0. The maximum absolute atomic E-state index is 7.19. The lowest BCUT2D eigenvalue weighted by Crippen LogP contribution is -2.52. The lowest BCUT2D eigenvalue weighted by molar-refractivity contribution is 1.66. The van der Waals surface area contributed by atoms with Crippen molar-refractivity contribution in [1.82, 2.24) is 0 Å². The molecule has 0 bridgehead atoms. The van der Waals surface area contributed by atoms with Crippen molar-refractivity contribution in [3.63, 3.8) is 0 Å². The van der Waals surface area contributed by atoms with Crippen molar-refractivity contribution in [2.75, 3.05) is 0 Å². The van der Waals surface area contributed by atoms with Crippen molar-refractivity contribution in [2.24, 2.45) is 0 Å². The first-order valence-electron chi connectivity index (χ1n) is 7.33. The third-order valence-corrected chi connectivity index (χ3v) is 8.35. The highest BCUT2D eigenvalue weighted by molar-refractivity contribution is 7.36. The Kier molecular flexibility index (Phi) is 4.57. The SMILES string of the molecule is Cl[Si](C=Cc1ccccc1)(c1ccccc1)c1ccccc1. The summed E-state index contributed by atoms with van der Waals surface area (Å²) < 4.78 is 0. The number of benzene rings is 3. The van der Waals surface area contributed by atoms with Gasteiger partial charge in [0.1, 0.15) is 0 Å². The number of rotatable bonds is 4. The van der Waals surface area contributed by atoms with Crippen molar-refractivity contribution in [3.05, 3.63) is 102 Å². The largest absolute Gasteiger partial charge is 0.240 e. The normalized spacial score (nSPS) is 11.7. The molecule has 0 spiro atoms. The molecule has 0 radical (unpaired) electrons. The molecular formula is C20H17ClSi. The quantitative estimate of drug-likeness (QED) is 0.498. The molecule has 0 aliphatic rings. The predicted octanol–water partition coefficient (Wildman–Crippen LogP) is 4.24. The molecule has 0 atom stereocenters. The molecular weight excluding hydrogens is 304 g/mol. The molecule has 0 N–H and O–H groups in total. The Morgan fingerprint density at radius 1 is 0.591 bits per heavy atom. The van der Waals surface area contributed by atoms with Crippen LogP contribution in [-0.4, -0.2) is 7.38 Å². The fraction of sp³-hybridized carbons (Fsp3) is 0. The number of halogens is 1. The van der Waals surface area contributed by atoms with Gasteiger partial charge >= 0.3 is 0 Å². The average Bonchev–Trinajstić information content (AvgIpc) is 2.62. The van der Waals surface area contributed by atoms with Crippen molar-refractivity contribution in [3.8, 4) is 0 Å². The van der Waals surface area contributed by atoms with Crippen LogP contribution in [0.2, 0.25) is 0 Å². The summed E-state index contributed by atoms with van der Waals surface area (Å²) in [5.41, 5.74) is 3.38. The van der Waals surface area contributed by atoms with E-state index in [0.29, 0.717) is 0 Å². The van der Waals surface area contributed by atoms with Gasteiger partial charge in [0.15, 0.2) is 0 Å². The van der Waals surface area contributed by atoms with Crippen LogP contribution in [0, 0.1) is 0 Å². The minimum atomic E-state index is -2.39. The van der Waals surface area contributed by atoms with Crippen LogP contribution in [0.3, 0.4) is 0 Å². The first-order chi connectivity index (χ1) is 10.8. The number of hydrogen-bond acceptors (Lipinski definition) is 0. The molecule has 3 rings (SSSR count). The third kappa shape index (κ3) is 3.21. The van der Waals surface area contributed by atoms with Gasteiger partial charge in [-0.2, -0.15) is 0 Å². The summed E-state index contributed by atoms with van der Waals surface area (Å²) in [5, 5.41) is 2.41. The molecule has 0 saturated carbocycles. The lowest BCUT2D eigenvalue weighted by Gasteiger charge is -2.22. The van der Waals surface area contributed by atoms with Crippen LogP contribution < -0.4 is 10.4 Å². The minimum absolute atomic E-state index is 1.17. The second-order valence-electron chi connectivity index (χ2n) is 5.19. The molecule has 0 nitrogen and oxygen atoms in total. The summed E-state index contributed by atoms with van der Waals surface area (Å²) in [5.74, 6) is 0. The van der Waals surface area contributed by atoms with Crippen molar-refractivity contribution < 1.29 is 0 Å². The first-order valence-corrected chi connectivity index (χ1v) is 10.4. The monoisotopic (exact) mass is 320 g/mol. The summed E-state index contributed by atoms with van der Waals surface area (Å²) >= 11 is 7.19. The average molecular weight is 321 g/mol. The van der Waals surface area contributed by atoms with Crippen LogP contribution in [-0.2, 0) is 0 Å². The zero-order valence-corrected chi connectivity index (χ0v) is 13.9. The van der Waals surface area contributed by atoms with E-state index >= 15 is 0 Å². The second-order valence-corrected chi connectivity index (χ2v) is 9.89. The number of hydrogen-bond donors (Lipinski definition) is 0. The van der Waals surface area contributed by atoms with Crippen LogP contribution in [0.1, 0.15) is 5.56 Å². The minimum Gasteiger partial charge on any atom is -0.149 e. The Labute approximate surface area is 137 Å². The summed E-state index contributed by atoms with van der Waals surface area (Å²) in [6, 6.07) is 31.1. The third-order valence-electron chi connectivity index (χ3n) is 3.69. The Morgan fingerprint density at radius 2 is 1.00 bits per heavy atom. The van der Waals surface area contributed by atoms with Crippen LogP contribution in [0.25, 0.3) is 6.08 Å². The maximum atomic E-state index is 7.19. The summed E-state index contributed by atoms with van der Waals surface area (Å²) in [7, 11) is -2.39. The molecule has 2 heteroatoms. The fourth-order valence-corrected chi connectivity index (χ4v) is 5.94. The molecule has 0 aromatic heterocycles. The van der Waals surface area contributed by atoms with E-state index in [-0.39, 0.29) is 0 Å². The molecule has 0 saturated heterocycles. The molecule has 3 aromatic rings. The van der Waals surface area contributed by atoms with Gasteiger partial charge in [-0.05, 0) is 15.9 Å². The molecule has 0 unspecified atom stereocenters. The van der Waals surface area contributed by atoms with E-state index < -0.39 is 7.38 Å². The molecule has 0 aliphatic carbocycles. The van der Waals surface area contributed by atoms with E-state index in [2.05, 4.69) is 72.4 Å². The van der Waals surface area contributed by atoms with E-state index in [0.717, 1.165) is 0 Å². The molecule has 0 fully saturated rings. The molecule has 3 aromatic carbocycles. The van der Waals surface area contributed by atoms with Gasteiger partial charge in [0.25, 0.3) is 0 Å². The predicted molar refractivity (Wildman–Crippen MR) is 99.2 cm³/mol. The smallest absolute Gasteiger partial charge is 0.149 e. The van der Waals surface area contributed by atoms with Gasteiger partial charge in [0.05, 0.1) is 0 Å². The van der Waals surface area contributed by atoms with E-state index in [1.807, 2.05) is 30.3 Å². The Hall–Kier alpha value is -2.09. The van der Waals surface area contributed by atoms with Crippen LogP contribution in [0.5, 0.6) is 0 Å². The highest BCUT2D eigenvalue weighted by Gasteiger charge is 2.32. The highest BCUT2D eigenvalue weighted by Crippen LogP contribution is 2.15. The zero-order valence-electron chi connectivity index (χ0n) is 12.2. The Bertz CT molecular complexity index is 697. The Balaban J connectivity index is 2.06. The topological polar surface area (TPSA) is 0 Å². The van der Waals surface area contributed by atoms with Gasteiger partial charge in [-0.1, -0.05) is 103 Å². The van der Waals surface area contributed by atoms with E-state index in [1.54, 1.807) is 0 Å². The molecule has 108 valence electrons. The van der Waals surface area contributed by atoms with Crippen molar-refractivity contribution in [2.45, 2.75) is 0 Å². The molecule has 0 amide bonds. The van der Waals surface area contributed by atoms with Crippen LogP contribution in [0.4, 0.5) is 0 Å². The van der Waals surface area contributed by atoms with Gasteiger partial charge < -0.3 is 0 Å². The Morgan fingerprint density at radius 3 is 1.45 bits per heavy atom. The van der Waals surface area contributed by atoms with Crippen LogP contribution >= 0.6 is 11.1 Å². The maximum Gasteiger partial charge on any atom is 0.240 e. The van der Waals surface area contributed by atoms with Gasteiger partial charge in [-0.25, -0.2) is 0 Å². The van der Waals surface area contributed by atoms with E-state index in [1.165, 1.54) is 15.9 Å². The first kappa shape index (κ1) is 14.8. The summed E-state index contributed by atoms with van der Waals surface area (Å²) in [6.07, 6.45) is 2.14. The summed E-state index contributed by atoms with van der Waals surface area (Å²) in [4.78, 5) is 0. The molecule has 0 heterocycles. The molecule has 0 aliphatic heterocycles. The van der Waals surface area contributed by atoms with Gasteiger partial charge in [0, 0.05) is 0 Å². The zero-order chi connectivity index (χ0) is 15.3. The van der Waals surface area contributed by atoms with E-state index in [9.17, 15) is 0 Å². The lowest BCUT2D eigenvalue weighted by atomic mass is 10.2. The van der Waals surface area contributed by atoms with Crippen LogP contribution in [0.15, 0.2) is 96.7 Å². The van der Waals surface area contributed by atoms with Gasteiger partial charge in [-0.15, -0.1) is 11.1 Å². The molecule has 22 heavy (non-hydrogen) atoms.